The highest BCUT2D eigenvalue weighted by atomic mass is 16.7. The number of carbonyl (C=O) groups is 2. The van der Waals surface area contributed by atoms with Crippen LogP contribution >= 0.6 is 0 Å². The maximum Gasteiger partial charge on any atom is 0.231 e. The average molecular weight is 419 g/mol. The molecule has 158 valence electrons. The minimum absolute atomic E-state index is 0.0500. The molecule has 2 bridgehead atoms. The zero-order valence-corrected chi connectivity index (χ0v) is 16.7. The Balaban J connectivity index is 1.19. The molecule has 31 heavy (non-hydrogen) atoms. The van der Waals surface area contributed by atoms with Crippen molar-refractivity contribution in [2.24, 2.45) is 11.8 Å². The van der Waals surface area contributed by atoms with Crippen molar-refractivity contribution in [2.45, 2.75) is 24.8 Å². The monoisotopic (exact) mass is 419 g/mol. The van der Waals surface area contributed by atoms with Gasteiger partial charge in [-0.1, -0.05) is 24.3 Å². The first-order chi connectivity index (χ1) is 15.1. The Morgan fingerprint density at radius 3 is 3.00 bits per heavy atom. The number of fused-ring (bicyclic) bond motifs is 2. The van der Waals surface area contributed by atoms with Gasteiger partial charge >= 0.3 is 0 Å². The summed E-state index contributed by atoms with van der Waals surface area (Å²) in [5.74, 6) is 0.144. The number of amides is 2. The molecule has 8 heteroatoms. The number of ether oxygens (including phenoxy) is 3. The van der Waals surface area contributed by atoms with Crippen LogP contribution < -0.4 is 14.8 Å². The van der Waals surface area contributed by atoms with Gasteiger partial charge in [-0.2, -0.15) is 0 Å². The van der Waals surface area contributed by atoms with Crippen LogP contribution in [0.15, 0.2) is 54.9 Å². The van der Waals surface area contributed by atoms with Gasteiger partial charge < -0.3 is 24.4 Å². The number of carbonyl (C=O) groups excluding carboxylic acids is 2. The van der Waals surface area contributed by atoms with Gasteiger partial charge in [0.25, 0.3) is 0 Å². The van der Waals surface area contributed by atoms with Crippen LogP contribution in [0, 0.1) is 11.8 Å². The predicted molar refractivity (Wildman–Crippen MR) is 108 cm³/mol. The Bertz CT molecular complexity index is 1090. The normalized spacial score (nSPS) is 29.5. The van der Waals surface area contributed by atoms with Crippen LogP contribution in [-0.4, -0.2) is 46.7 Å². The summed E-state index contributed by atoms with van der Waals surface area (Å²) >= 11 is 0. The van der Waals surface area contributed by atoms with E-state index in [4.69, 9.17) is 14.2 Å². The van der Waals surface area contributed by atoms with Gasteiger partial charge in [0.15, 0.2) is 11.5 Å². The van der Waals surface area contributed by atoms with Gasteiger partial charge in [-0.25, -0.2) is 0 Å². The Morgan fingerprint density at radius 1 is 1.23 bits per heavy atom. The third kappa shape index (κ3) is 2.90. The molecule has 0 aliphatic carbocycles. The van der Waals surface area contributed by atoms with Gasteiger partial charge in [-0.3, -0.25) is 14.6 Å². The number of benzene rings is 1. The molecular formula is C23H21N3O5. The molecule has 5 heterocycles. The van der Waals surface area contributed by atoms with Crippen LogP contribution in [0.2, 0.25) is 0 Å². The lowest BCUT2D eigenvalue weighted by Crippen LogP contribution is -2.43. The molecule has 4 atom stereocenters. The van der Waals surface area contributed by atoms with Crippen molar-refractivity contribution in [3.05, 3.63) is 66.0 Å². The highest BCUT2D eigenvalue weighted by Crippen LogP contribution is 2.52. The number of rotatable bonds is 5. The Kier molecular flexibility index (Phi) is 4.04. The van der Waals surface area contributed by atoms with Gasteiger partial charge in [-0.15, -0.1) is 0 Å². The predicted octanol–water partition coefficient (Wildman–Crippen LogP) is 1.41. The van der Waals surface area contributed by atoms with Gasteiger partial charge in [-0.05, 0) is 29.3 Å². The number of likely N-dealkylation sites (tertiary alicyclic amines) is 1. The molecule has 4 unspecified atom stereocenters. The van der Waals surface area contributed by atoms with Crippen LogP contribution in [0.1, 0.15) is 11.1 Å². The van der Waals surface area contributed by atoms with Crippen molar-refractivity contribution in [1.82, 2.24) is 15.2 Å². The molecule has 2 aromatic rings. The maximum absolute atomic E-state index is 13.4. The van der Waals surface area contributed by atoms with Crippen molar-refractivity contribution >= 4 is 11.8 Å². The molecule has 0 saturated carbocycles. The fraction of sp³-hybridized carbons (Fsp3) is 0.348. The molecule has 2 saturated heterocycles. The molecule has 0 radical (unpaired) electrons. The fourth-order valence-electron chi connectivity index (χ4n) is 5.08. The van der Waals surface area contributed by atoms with E-state index in [0.29, 0.717) is 31.1 Å². The first-order valence-corrected chi connectivity index (χ1v) is 10.3. The molecule has 1 aromatic carbocycles. The summed E-state index contributed by atoms with van der Waals surface area (Å²) in [4.78, 5) is 32.2. The molecule has 1 N–H and O–H groups in total. The summed E-state index contributed by atoms with van der Waals surface area (Å²) in [5.41, 5.74) is 1.13. The van der Waals surface area contributed by atoms with Gasteiger partial charge in [0.05, 0.1) is 24.5 Å². The first kappa shape index (κ1) is 18.4. The summed E-state index contributed by atoms with van der Waals surface area (Å²) in [7, 11) is 0. The second kappa shape index (κ2) is 6.81. The van der Waals surface area contributed by atoms with E-state index in [1.54, 1.807) is 17.3 Å². The Hall–Kier alpha value is -3.39. The highest BCUT2D eigenvalue weighted by molar-refractivity contribution is 5.93. The number of hydrogen-bond donors (Lipinski definition) is 1. The summed E-state index contributed by atoms with van der Waals surface area (Å²) in [5, 5.41) is 2.95. The number of aromatic nitrogens is 1. The SMILES string of the molecule is O=C(NCc1cccnc1)C1C2C=CC3(CN(Cc4ccc5c(c4)OCO5)C(=O)C13)O2. The lowest BCUT2D eigenvalue weighted by molar-refractivity contribution is -0.137. The van der Waals surface area contributed by atoms with E-state index < -0.39 is 17.4 Å². The molecule has 1 aromatic heterocycles. The zero-order valence-electron chi connectivity index (χ0n) is 16.7. The smallest absolute Gasteiger partial charge is 0.231 e. The maximum atomic E-state index is 13.4. The van der Waals surface area contributed by atoms with Crippen molar-refractivity contribution in [1.29, 1.82) is 0 Å². The van der Waals surface area contributed by atoms with E-state index in [1.165, 1.54) is 0 Å². The van der Waals surface area contributed by atoms with E-state index in [-0.39, 0.29) is 24.7 Å². The number of hydrogen-bond acceptors (Lipinski definition) is 6. The third-order valence-electron chi connectivity index (χ3n) is 6.48. The molecular weight excluding hydrogens is 398 g/mol. The number of nitrogens with zero attached hydrogens (tertiary/aromatic N) is 2. The second-order valence-electron chi connectivity index (χ2n) is 8.36. The Labute approximate surface area is 178 Å². The van der Waals surface area contributed by atoms with Crippen LogP contribution in [0.3, 0.4) is 0 Å². The van der Waals surface area contributed by atoms with Crippen LogP contribution in [0.25, 0.3) is 0 Å². The van der Waals surface area contributed by atoms with E-state index >= 15 is 0 Å². The van der Waals surface area contributed by atoms with Crippen LogP contribution in [0.5, 0.6) is 11.5 Å². The molecule has 1 spiro atoms. The van der Waals surface area contributed by atoms with E-state index in [2.05, 4.69) is 10.3 Å². The van der Waals surface area contributed by atoms with E-state index in [0.717, 1.165) is 11.1 Å². The standard InChI is InChI=1S/C23H21N3O5/c27-21(25-10-15-2-1-7-24-9-15)19-17-5-6-23(31-17)12-26(22(28)20(19)23)11-14-3-4-16-18(8-14)30-13-29-16/h1-9,17,19-20H,10-13H2,(H,25,27). The zero-order chi connectivity index (χ0) is 21.0. The molecule has 2 fully saturated rings. The minimum atomic E-state index is -0.728. The van der Waals surface area contributed by atoms with Gasteiger partial charge in [0.1, 0.15) is 5.60 Å². The van der Waals surface area contributed by atoms with Crippen LogP contribution in [-0.2, 0) is 27.4 Å². The number of pyridine rings is 1. The van der Waals surface area contributed by atoms with Crippen molar-refractivity contribution in [2.75, 3.05) is 13.3 Å². The Morgan fingerprint density at radius 2 is 2.13 bits per heavy atom. The molecule has 6 rings (SSSR count). The lowest BCUT2D eigenvalue weighted by atomic mass is 9.77. The van der Waals surface area contributed by atoms with Crippen molar-refractivity contribution < 1.29 is 23.8 Å². The van der Waals surface area contributed by atoms with E-state index in [1.807, 2.05) is 42.5 Å². The van der Waals surface area contributed by atoms with Crippen molar-refractivity contribution in [3.8, 4) is 11.5 Å². The highest BCUT2D eigenvalue weighted by Gasteiger charge is 2.66. The topological polar surface area (TPSA) is 90.0 Å². The first-order valence-electron chi connectivity index (χ1n) is 10.3. The van der Waals surface area contributed by atoms with Crippen molar-refractivity contribution in [3.63, 3.8) is 0 Å². The minimum Gasteiger partial charge on any atom is -0.454 e. The summed E-state index contributed by atoms with van der Waals surface area (Å²) in [6, 6.07) is 9.41. The molecule has 4 aliphatic heterocycles. The molecule has 4 aliphatic rings. The lowest BCUT2D eigenvalue weighted by Gasteiger charge is -2.23. The second-order valence-corrected chi connectivity index (χ2v) is 8.36. The number of nitrogens with one attached hydrogen (secondary N) is 1. The van der Waals surface area contributed by atoms with Gasteiger partial charge in [0.2, 0.25) is 18.6 Å². The molecule has 2 amide bonds. The average Bonchev–Trinajstić information content (AvgIpc) is 3.54. The summed E-state index contributed by atoms with van der Waals surface area (Å²) < 4.78 is 17.0. The fourth-order valence-corrected chi connectivity index (χ4v) is 5.08. The third-order valence-corrected chi connectivity index (χ3v) is 6.48. The quantitative estimate of drug-likeness (QED) is 0.737. The van der Waals surface area contributed by atoms with Gasteiger partial charge in [0, 0.05) is 25.5 Å². The summed E-state index contributed by atoms with van der Waals surface area (Å²) in [6.07, 6.45) is 6.92. The van der Waals surface area contributed by atoms with E-state index in [9.17, 15) is 9.59 Å². The largest absolute Gasteiger partial charge is 0.454 e. The molecule has 8 nitrogen and oxygen atoms in total. The van der Waals surface area contributed by atoms with Crippen LogP contribution in [0.4, 0.5) is 0 Å². The summed E-state index contributed by atoms with van der Waals surface area (Å²) in [6.45, 7) is 1.45.